The van der Waals surface area contributed by atoms with Gasteiger partial charge in [0, 0.05) is 29.6 Å². The van der Waals surface area contributed by atoms with Crippen LogP contribution in [0.5, 0.6) is 0 Å². The molecule has 0 amide bonds. The molecule has 0 aliphatic heterocycles. The second kappa shape index (κ2) is 8.84. The van der Waals surface area contributed by atoms with Crippen molar-refractivity contribution in [1.29, 1.82) is 10.5 Å². The zero-order chi connectivity index (χ0) is 4.12. The van der Waals surface area contributed by atoms with Gasteiger partial charge in [-0.2, -0.15) is 10.5 Å². The van der Waals surface area contributed by atoms with Gasteiger partial charge in [-0.25, -0.2) is 5.32 Å². The van der Waals surface area contributed by atoms with Crippen LogP contribution in [0.4, 0.5) is 0 Å². The fraction of sp³-hybridized carbons (Fsp3) is 0. The van der Waals surface area contributed by atoms with E-state index in [1.165, 1.54) is 12.4 Å². The van der Waals surface area contributed by atoms with Crippen molar-refractivity contribution in [2.75, 3.05) is 0 Å². The van der Waals surface area contributed by atoms with E-state index in [9.17, 15) is 0 Å². The van der Waals surface area contributed by atoms with Gasteiger partial charge >= 0.3 is 0 Å². The van der Waals surface area contributed by atoms with Crippen molar-refractivity contribution >= 4 is 29.6 Å². The maximum atomic E-state index is 7.48. The van der Waals surface area contributed by atoms with Gasteiger partial charge in [-0.05, 0) is 0 Å². The molecule has 6 heavy (non-hydrogen) atoms. The molecule has 0 aliphatic rings. The first-order valence-corrected chi connectivity index (χ1v) is 0.947. The minimum atomic E-state index is 0. The third-order valence-electron chi connectivity index (χ3n) is 0.112. The third-order valence-corrected chi connectivity index (χ3v) is 0.112. The minimum Gasteiger partial charge on any atom is -0.229 e. The second-order valence-corrected chi connectivity index (χ2v) is 0.349. The van der Waals surface area contributed by atoms with E-state index in [2.05, 4.69) is 0 Å². The molecule has 0 heterocycles. The zero-order valence-electron chi connectivity index (χ0n) is 3.39. The van der Waals surface area contributed by atoms with Crippen molar-refractivity contribution in [2.45, 2.75) is 0 Å². The van der Waals surface area contributed by atoms with Crippen molar-refractivity contribution in [1.82, 2.24) is 5.32 Å². The van der Waals surface area contributed by atoms with E-state index in [0.29, 0.717) is 0 Å². The summed E-state index contributed by atoms with van der Waals surface area (Å²) in [5.74, 6) is 0. The molecule has 3 nitrogen and oxygen atoms in total. The van der Waals surface area contributed by atoms with E-state index in [0.717, 1.165) is 0 Å². The predicted molar refractivity (Wildman–Crippen MR) is 20.1 cm³/mol. The molecule has 0 rings (SSSR count). The van der Waals surface area contributed by atoms with Crippen LogP contribution < -0.4 is 5.32 Å². The van der Waals surface area contributed by atoms with E-state index < -0.39 is 0 Å². The molecule has 0 spiro atoms. The summed E-state index contributed by atoms with van der Waals surface area (Å²) in [7, 11) is 0. The van der Waals surface area contributed by atoms with Crippen molar-refractivity contribution < 1.29 is 0 Å². The van der Waals surface area contributed by atoms with Crippen molar-refractivity contribution in [3.8, 4) is 12.4 Å². The first kappa shape index (κ1) is 9.24. The molecule has 0 fully saturated rings. The van der Waals surface area contributed by atoms with Gasteiger partial charge in [0.2, 0.25) is 0 Å². The number of rotatable bonds is 0. The van der Waals surface area contributed by atoms with E-state index in [1.807, 2.05) is 0 Å². The van der Waals surface area contributed by atoms with Gasteiger partial charge in [0.1, 0.15) is 0 Å². The normalized spacial score (nSPS) is 3.00. The monoisotopic (exact) mass is 90.0 g/mol. The smallest absolute Gasteiger partial charge is 0.190 e. The second-order valence-electron chi connectivity index (χ2n) is 0.349. The topological polar surface area (TPSA) is 59.6 Å². The Bertz CT molecular complexity index is 73.9. The summed E-state index contributed by atoms with van der Waals surface area (Å²) < 4.78 is 0. The maximum absolute atomic E-state index is 7.48. The summed E-state index contributed by atoms with van der Waals surface area (Å²) in [5, 5.41) is 16.7. The Morgan fingerprint density at radius 1 is 1.17 bits per heavy atom. The van der Waals surface area contributed by atoms with Crippen molar-refractivity contribution in [2.24, 2.45) is 0 Å². The molecule has 0 saturated heterocycles. The Labute approximate surface area is 57.9 Å². The van der Waals surface area contributed by atoms with Crippen LogP contribution in [0.15, 0.2) is 0 Å². The van der Waals surface area contributed by atoms with E-state index in [1.54, 1.807) is 5.32 Å². The van der Waals surface area contributed by atoms with Gasteiger partial charge in [-0.15, -0.1) is 0 Å². The molecule has 0 bridgehead atoms. The summed E-state index contributed by atoms with van der Waals surface area (Å²) in [6, 6.07) is 0. The standard InChI is InChI=1S/C2HN3.Na/c3-1-5-2-4;/h5H;. The Morgan fingerprint density at radius 3 is 1.50 bits per heavy atom. The molecule has 4 heteroatoms. The molecule has 1 N–H and O–H groups in total. The van der Waals surface area contributed by atoms with Crippen LogP contribution in [0.3, 0.4) is 0 Å². The Balaban J connectivity index is 0. The molecule has 0 aromatic rings. The number of hydrogen-bond donors (Lipinski definition) is 1. The Kier molecular flexibility index (Phi) is 13.6. The summed E-state index contributed by atoms with van der Waals surface area (Å²) >= 11 is 0. The molecule has 25 valence electrons. The van der Waals surface area contributed by atoms with Crippen LogP contribution in [-0.2, 0) is 0 Å². The van der Waals surface area contributed by atoms with E-state index >= 15 is 0 Å². The third kappa shape index (κ3) is 9.22. The average molecular weight is 90.0 g/mol. The fourth-order valence-electron chi connectivity index (χ4n) is 0.0250. The van der Waals surface area contributed by atoms with Crippen LogP contribution in [-0.4, -0.2) is 29.6 Å². The van der Waals surface area contributed by atoms with Gasteiger partial charge in [0.25, 0.3) is 0 Å². The first-order valence-electron chi connectivity index (χ1n) is 0.947. The van der Waals surface area contributed by atoms with Crippen LogP contribution in [0.25, 0.3) is 0 Å². The van der Waals surface area contributed by atoms with E-state index in [-0.39, 0.29) is 29.6 Å². The van der Waals surface area contributed by atoms with Gasteiger partial charge < -0.3 is 0 Å². The predicted octanol–water partition coefficient (Wildman–Crippen LogP) is -0.843. The van der Waals surface area contributed by atoms with Crippen LogP contribution in [0.1, 0.15) is 0 Å². The largest absolute Gasteiger partial charge is 0.229 e. The maximum Gasteiger partial charge on any atom is 0.190 e. The van der Waals surface area contributed by atoms with Gasteiger partial charge in [0.05, 0.1) is 0 Å². The zero-order valence-corrected chi connectivity index (χ0v) is 5.39. The fourth-order valence-corrected chi connectivity index (χ4v) is 0.0250. The molecule has 0 atom stereocenters. The summed E-state index contributed by atoms with van der Waals surface area (Å²) in [5.41, 5.74) is 0. The number of hydrogen-bond acceptors (Lipinski definition) is 3. The molecular formula is C2HN3Na. The Morgan fingerprint density at radius 2 is 1.50 bits per heavy atom. The molecule has 0 aliphatic carbocycles. The average Bonchev–Trinajstić information content (AvgIpc) is 1.41. The number of nitrogens with one attached hydrogen (secondary N) is 1. The van der Waals surface area contributed by atoms with Gasteiger partial charge in [-0.1, -0.05) is 0 Å². The molecule has 1 radical (unpaired) electrons. The van der Waals surface area contributed by atoms with Crippen molar-refractivity contribution in [3.05, 3.63) is 0 Å². The Hall–Kier alpha value is -0.220. The summed E-state index contributed by atoms with van der Waals surface area (Å²) in [4.78, 5) is 0. The van der Waals surface area contributed by atoms with Crippen molar-refractivity contribution in [3.63, 3.8) is 0 Å². The first-order chi connectivity index (χ1) is 2.41. The molecule has 0 unspecified atom stereocenters. The van der Waals surface area contributed by atoms with Gasteiger partial charge in [0.15, 0.2) is 12.4 Å². The molecule has 0 aromatic carbocycles. The van der Waals surface area contributed by atoms with Crippen LogP contribution in [0.2, 0.25) is 0 Å². The summed E-state index contributed by atoms with van der Waals surface area (Å²) in [6.07, 6.45) is 2.81. The SMILES string of the molecule is N#CNC#N.[Na]. The molecule has 0 aromatic heterocycles. The van der Waals surface area contributed by atoms with E-state index in [4.69, 9.17) is 10.5 Å². The molecule has 0 saturated carbocycles. The van der Waals surface area contributed by atoms with Crippen LogP contribution in [0, 0.1) is 22.9 Å². The van der Waals surface area contributed by atoms with Gasteiger partial charge in [-0.3, -0.25) is 0 Å². The number of nitrogens with zero attached hydrogens (tertiary/aromatic N) is 2. The number of nitriles is 2. The molecular weight excluding hydrogens is 89.0 g/mol. The summed E-state index contributed by atoms with van der Waals surface area (Å²) in [6.45, 7) is 0. The quantitative estimate of drug-likeness (QED) is 0.239. The minimum absolute atomic E-state index is 0. The van der Waals surface area contributed by atoms with Crippen LogP contribution >= 0.6 is 0 Å².